The molecule has 3 aromatic rings. The summed E-state index contributed by atoms with van der Waals surface area (Å²) in [5, 5.41) is -0.0813. The molecule has 3 rings (SSSR count). The standard InChI is InChI=1S/C16H12ClN3O3/c1-23-13(21)9-20-15(22)14-12(19-16(20)17)8-7-11(18-14)10-5-3-2-4-6-10/h2-8H,9H2,1H3. The maximum Gasteiger partial charge on any atom is 0.325 e. The molecule has 0 aliphatic rings. The Morgan fingerprint density at radius 3 is 2.61 bits per heavy atom. The Bertz CT molecular complexity index is 938. The summed E-state index contributed by atoms with van der Waals surface area (Å²) >= 11 is 5.98. The average Bonchev–Trinajstić information content (AvgIpc) is 2.59. The van der Waals surface area contributed by atoms with Gasteiger partial charge in [-0.2, -0.15) is 0 Å². The van der Waals surface area contributed by atoms with E-state index in [-0.39, 0.29) is 17.3 Å². The molecule has 2 heterocycles. The van der Waals surface area contributed by atoms with Crippen molar-refractivity contribution >= 4 is 28.6 Å². The van der Waals surface area contributed by atoms with Gasteiger partial charge < -0.3 is 4.74 Å². The number of aromatic nitrogens is 3. The number of fused-ring (bicyclic) bond motifs is 1. The minimum atomic E-state index is -0.589. The molecule has 0 atom stereocenters. The zero-order chi connectivity index (χ0) is 16.4. The van der Waals surface area contributed by atoms with Gasteiger partial charge in [0.2, 0.25) is 5.28 Å². The summed E-state index contributed by atoms with van der Waals surface area (Å²) < 4.78 is 5.60. The summed E-state index contributed by atoms with van der Waals surface area (Å²) in [6.07, 6.45) is 0. The Balaban J connectivity index is 2.18. The van der Waals surface area contributed by atoms with Crippen molar-refractivity contribution in [2.75, 3.05) is 7.11 Å². The number of pyridine rings is 1. The molecule has 0 bridgehead atoms. The van der Waals surface area contributed by atoms with Crippen LogP contribution in [0.2, 0.25) is 5.28 Å². The van der Waals surface area contributed by atoms with Crippen LogP contribution in [0.3, 0.4) is 0 Å². The predicted octanol–water partition coefficient (Wildman–Crippen LogP) is 2.28. The Morgan fingerprint density at radius 1 is 1.17 bits per heavy atom. The summed E-state index contributed by atoms with van der Waals surface area (Å²) in [5.41, 5.74) is 1.57. The van der Waals surface area contributed by atoms with Crippen LogP contribution in [0.25, 0.3) is 22.3 Å². The van der Waals surface area contributed by atoms with E-state index in [1.807, 2.05) is 30.3 Å². The van der Waals surface area contributed by atoms with Gasteiger partial charge in [-0.25, -0.2) is 9.97 Å². The van der Waals surface area contributed by atoms with E-state index in [9.17, 15) is 9.59 Å². The van der Waals surface area contributed by atoms with Crippen LogP contribution in [-0.2, 0) is 16.1 Å². The highest BCUT2D eigenvalue weighted by molar-refractivity contribution is 6.28. The number of carbonyl (C=O) groups is 1. The van der Waals surface area contributed by atoms with E-state index in [2.05, 4.69) is 14.7 Å². The first-order chi connectivity index (χ1) is 11.1. The summed E-state index contributed by atoms with van der Waals surface area (Å²) in [7, 11) is 1.24. The van der Waals surface area contributed by atoms with Crippen LogP contribution >= 0.6 is 11.6 Å². The Hall–Kier alpha value is -2.73. The maximum atomic E-state index is 12.6. The maximum absolute atomic E-state index is 12.6. The number of halogens is 1. The number of methoxy groups -OCH3 is 1. The molecule has 23 heavy (non-hydrogen) atoms. The second-order valence-corrected chi connectivity index (χ2v) is 5.12. The van der Waals surface area contributed by atoms with Gasteiger partial charge in [-0.3, -0.25) is 14.2 Å². The first-order valence-corrected chi connectivity index (χ1v) is 7.17. The van der Waals surface area contributed by atoms with Gasteiger partial charge in [0.05, 0.1) is 18.3 Å². The normalized spacial score (nSPS) is 10.7. The van der Waals surface area contributed by atoms with Gasteiger partial charge in [-0.05, 0) is 23.7 Å². The molecule has 0 aliphatic carbocycles. The lowest BCUT2D eigenvalue weighted by Gasteiger charge is -2.08. The fourth-order valence-electron chi connectivity index (χ4n) is 2.17. The lowest BCUT2D eigenvalue weighted by molar-refractivity contribution is -0.141. The topological polar surface area (TPSA) is 74.1 Å². The minimum absolute atomic E-state index is 0.0813. The summed E-state index contributed by atoms with van der Waals surface area (Å²) in [6.45, 7) is -0.311. The van der Waals surface area contributed by atoms with Crippen LogP contribution < -0.4 is 5.56 Å². The molecule has 0 radical (unpaired) electrons. The van der Waals surface area contributed by atoms with Crippen molar-refractivity contribution in [3.8, 4) is 11.3 Å². The van der Waals surface area contributed by atoms with Crippen molar-refractivity contribution in [2.45, 2.75) is 6.54 Å². The zero-order valence-corrected chi connectivity index (χ0v) is 12.9. The molecule has 0 amide bonds. The molecule has 1 aromatic carbocycles. The fourth-order valence-corrected chi connectivity index (χ4v) is 2.40. The van der Waals surface area contributed by atoms with Gasteiger partial charge in [0.15, 0.2) is 5.52 Å². The molecule has 116 valence electrons. The molecule has 0 saturated carbocycles. The summed E-state index contributed by atoms with van der Waals surface area (Å²) in [5.74, 6) is -0.589. The minimum Gasteiger partial charge on any atom is -0.468 e. The van der Waals surface area contributed by atoms with E-state index in [4.69, 9.17) is 11.6 Å². The Labute approximate surface area is 136 Å². The number of rotatable bonds is 3. The third-order valence-corrected chi connectivity index (χ3v) is 3.63. The lowest BCUT2D eigenvalue weighted by Crippen LogP contribution is -2.27. The number of hydrogen-bond donors (Lipinski definition) is 0. The highest BCUT2D eigenvalue weighted by atomic mass is 35.5. The van der Waals surface area contributed by atoms with E-state index < -0.39 is 11.5 Å². The molecule has 0 unspecified atom stereocenters. The second kappa shape index (κ2) is 6.18. The van der Waals surface area contributed by atoms with E-state index in [0.717, 1.165) is 10.1 Å². The number of ether oxygens (including phenoxy) is 1. The van der Waals surface area contributed by atoms with Crippen molar-refractivity contribution in [1.82, 2.24) is 14.5 Å². The van der Waals surface area contributed by atoms with E-state index in [1.54, 1.807) is 12.1 Å². The highest BCUT2D eigenvalue weighted by Gasteiger charge is 2.14. The van der Waals surface area contributed by atoms with Crippen LogP contribution in [0.5, 0.6) is 0 Å². The van der Waals surface area contributed by atoms with Crippen LogP contribution in [0, 0.1) is 0 Å². The first-order valence-electron chi connectivity index (χ1n) is 6.79. The lowest BCUT2D eigenvalue weighted by atomic mass is 10.1. The Kier molecular flexibility index (Phi) is 4.08. The number of benzene rings is 1. The number of nitrogens with zero attached hydrogens (tertiary/aromatic N) is 3. The molecule has 0 spiro atoms. The van der Waals surface area contributed by atoms with Crippen LogP contribution in [-0.4, -0.2) is 27.6 Å². The predicted molar refractivity (Wildman–Crippen MR) is 86.3 cm³/mol. The number of esters is 1. The van der Waals surface area contributed by atoms with Crippen molar-refractivity contribution in [1.29, 1.82) is 0 Å². The second-order valence-electron chi connectivity index (χ2n) is 4.78. The van der Waals surface area contributed by atoms with Crippen molar-refractivity contribution in [3.63, 3.8) is 0 Å². The Morgan fingerprint density at radius 2 is 1.91 bits per heavy atom. The van der Waals surface area contributed by atoms with E-state index in [1.165, 1.54) is 7.11 Å². The van der Waals surface area contributed by atoms with E-state index >= 15 is 0 Å². The molecule has 0 aliphatic heterocycles. The third kappa shape index (κ3) is 2.93. The molecular formula is C16H12ClN3O3. The summed E-state index contributed by atoms with van der Waals surface area (Å²) in [6, 6.07) is 12.9. The van der Waals surface area contributed by atoms with Gasteiger partial charge in [-0.15, -0.1) is 0 Å². The first kappa shape index (κ1) is 15.2. The monoisotopic (exact) mass is 329 g/mol. The van der Waals surface area contributed by atoms with Crippen LogP contribution in [0.1, 0.15) is 0 Å². The van der Waals surface area contributed by atoms with Crippen LogP contribution in [0.15, 0.2) is 47.3 Å². The molecule has 6 nitrogen and oxygen atoms in total. The number of hydrogen-bond acceptors (Lipinski definition) is 5. The van der Waals surface area contributed by atoms with Gasteiger partial charge in [-0.1, -0.05) is 30.3 Å². The quantitative estimate of drug-likeness (QED) is 0.544. The SMILES string of the molecule is COC(=O)Cn1c(Cl)nc2ccc(-c3ccccc3)nc2c1=O. The van der Waals surface area contributed by atoms with Crippen molar-refractivity contribution in [3.05, 3.63) is 58.1 Å². The fraction of sp³-hybridized carbons (Fsp3) is 0.125. The molecular weight excluding hydrogens is 318 g/mol. The largest absolute Gasteiger partial charge is 0.468 e. The molecule has 7 heteroatoms. The van der Waals surface area contributed by atoms with Crippen molar-refractivity contribution < 1.29 is 9.53 Å². The zero-order valence-electron chi connectivity index (χ0n) is 12.2. The molecule has 0 saturated heterocycles. The van der Waals surface area contributed by atoms with Crippen molar-refractivity contribution in [2.24, 2.45) is 0 Å². The molecule has 2 aromatic heterocycles. The number of carbonyl (C=O) groups excluding carboxylic acids is 1. The van der Waals surface area contributed by atoms with Gasteiger partial charge in [0.1, 0.15) is 6.54 Å². The average molecular weight is 330 g/mol. The van der Waals surface area contributed by atoms with Gasteiger partial charge in [0.25, 0.3) is 5.56 Å². The van der Waals surface area contributed by atoms with Gasteiger partial charge in [0, 0.05) is 5.56 Å². The van der Waals surface area contributed by atoms with E-state index in [0.29, 0.717) is 11.2 Å². The summed E-state index contributed by atoms with van der Waals surface area (Å²) in [4.78, 5) is 32.5. The van der Waals surface area contributed by atoms with Gasteiger partial charge >= 0.3 is 5.97 Å². The molecule has 0 fully saturated rings. The van der Waals surface area contributed by atoms with Crippen LogP contribution in [0.4, 0.5) is 0 Å². The smallest absolute Gasteiger partial charge is 0.325 e. The third-order valence-electron chi connectivity index (χ3n) is 3.34. The molecule has 0 N–H and O–H groups in total. The highest BCUT2D eigenvalue weighted by Crippen LogP contribution is 2.19.